The van der Waals surface area contributed by atoms with Gasteiger partial charge in [0, 0.05) is 62.4 Å². The minimum absolute atomic E-state index is 0.955. The molecule has 0 amide bonds. The van der Waals surface area contributed by atoms with Crippen molar-refractivity contribution in [1.82, 2.24) is 19.4 Å². The smallest absolute Gasteiger partial charge is 0.142 e. The lowest BCUT2D eigenvalue weighted by Crippen LogP contribution is -2.47. The van der Waals surface area contributed by atoms with E-state index in [1.807, 2.05) is 6.20 Å². The summed E-state index contributed by atoms with van der Waals surface area (Å²) in [5, 5.41) is 3.72. The zero-order valence-corrected chi connectivity index (χ0v) is 18.5. The number of fused-ring (bicyclic) bond motifs is 2. The predicted molar refractivity (Wildman–Crippen MR) is 132 cm³/mol. The molecule has 0 atom stereocenters. The van der Waals surface area contributed by atoms with E-state index in [1.165, 1.54) is 42.1 Å². The van der Waals surface area contributed by atoms with Crippen LogP contribution in [0.3, 0.4) is 0 Å². The Kier molecular flexibility index (Phi) is 5.15. The van der Waals surface area contributed by atoms with Crippen LogP contribution in [0.15, 0.2) is 60.9 Å². The number of hydrogen-bond acceptors (Lipinski definition) is 5. The summed E-state index contributed by atoms with van der Waals surface area (Å²) in [4.78, 5) is 17.2. The van der Waals surface area contributed by atoms with Gasteiger partial charge >= 0.3 is 0 Å². The molecule has 32 heavy (non-hydrogen) atoms. The molecule has 2 fully saturated rings. The van der Waals surface area contributed by atoms with Crippen LogP contribution in [-0.2, 0) is 6.54 Å². The average Bonchev–Trinajstić information content (AvgIpc) is 3.52. The van der Waals surface area contributed by atoms with Gasteiger partial charge in [0.05, 0.1) is 0 Å². The van der Waals surface area contributed by atoms with E-state index in [4.69, 9.17) is 9.97 Å². The second-order valence-electron chi connectivity index (χ2n) is 8.97. The summed E-state index contributed by atoms with van der Waals surface area (Å²) >= 11 is 0. The van der Waals surface area contributed by atoms with E-state index in [2.05, 4.69) is 74.0 Å². The lowest BCUT2D eigenvalue weighted by atomic mass is 10.1. The van der Waals surface area contributed by atoms with Gasteiger partial charge in [0.2, 0.25) is 0 Å². The van der Waals surface area contributed by atoms with Crippen molar-refractivity contribution in [2.45, 2.75) is 19.4 Å². The minimum Gasteiger partial charge on any atom is -0.353 e. The number of likely N-dealkylation sites (tertiary alicyclic amines) is 1. The Bertz CT molecular complexity index is 1210. The topological polar surface area (TPSA) is 40.4 Å². The molecule has 164 valence electrons. The number of nitrogens with zero attached hydrogens (tertiary/aromatic N) is 6. The summed E-state index contributed by atoms with van der Waals surface area (Å²) in [6.07, 6.45) is 6.81. The zero-order valence-electron chi connectivity index (χ0n) is 18.5. The van der Waals surface area contributed by atoms with Crippen LogP contribution >= 0.6 is 0 Å². The van der Waals surface area contributed by atoms with Gasteiger partial charge in [-0.2, -0.15) is 0 Å². The molecule has 3 aromatic heterocycles. The molecule has 4 aromatic rings. The van der Waals surface area contributed by atoms with E-state index in [1.54, 1.807) is 0 Å². The molecule has 0 N–H and O–H groups in total. The number of rotatable bonds is 5. The van der Waals surface area contributed by atoms with Crippen molar-refractivity contribution in [2.24, 2.45) is 0 Å². The first kappa shape index (κ1) is 19.6. The summed E-state index contributed by atoms with van der Waals surface area (Å²) < 4.78 is 2.33. The van der Waals surface area contributed by atoms with Crippen molar-refractivity contribution in [3.63, 3.8) is 0 Å². The Balaban J connectivity index is 1.17. The molecule has 0 saturated carbocycles. The number of aromatic nitrogens is 3. The van der Waals surface area contributed by atoms with Gasteiger partial charge in [-0.1, -0.05) is 24.3 Å². The van der Waals surface area contributed by atoms with E-state index in [0.29, 0.717) is 0 Å². The summed E-state index contributed by atoms with van der Waals surface area (Å²) in [6, 6.07) is 17.2. The number of piperazine rings is 1. The summed E-state index contributed by atoms with van der Waals surface area (Å²) in [5.74, 6) is 2.19. The van der Waals surface area contributed by atoms with Crippen LogP contribution in [0.5, 0.6) is 0 Å². The zero-order chi connectivity index (χ0) is 21.3. The molecule has 0 radical (unpaired) electrons. The SMILES string of the molecule is c1ccc2c(N3CCN(c4ccc5ccn(CCN6CCCC6)c5n4)CC3)nccc2c1. The van der Waals surface area contributed by atoms with Crippen LogP contribution in [0.1, 0.15) is 12.8 Å². The Labute approximate surface area is 189 Å². The van der Waals surface area contributed by atoms with Crippen LogP contribution in [0.4, 0.5) is 11.6 Å². The Morgan fingerprint density at radius 3 is 2.41 bits per heavy atom. The molecule has 1 aromatic carbocycles. The maximum atomic E-state index is 5.09. The van der Waals surface area contributed by atoms with Gasteiger partial charge in [0.1, 0.15) is 17.3 Å². The van der Waals surface area contributed by atoms with Crippen LogP contribution in [-0.4, -0.2) is 65.2 Å². The standard InChI is InChI=1S/C26H30N6/c1-2-6-23-21(5-1)9-11-27-26(23)32-19-17-30(18-20-32)24-8-7-22-10-14-31(25(22)28-24)16-15-29-12-3-4-13-29/h1-2,5-11,14H,3-4,12-13,15-20H2. The summed E-state index contributed by atoms with van der Waals surface area (Å²) in [7, 11) is 0. The second kappa shape index (κ2) is 8.43. The molecule has 6 heteroatoms. The number of benzene rings is 1. The summed E-state index contributed by atoms with van der Waals surface area (Å²) in [5.41, 5.74) is 1.11. The van der Waals surface area contributed by atoms with Crippen LogP contribution < -0.4 is 9.80 Å². The highest BCUT2D eigenvalue weighted by Gasteiger charge is 2.21. The highest BCUT2D eigenvalue weighted by Crippen LogP contribution is 2.26. The average molecular weight is 427 g/mol. The third kappa shape index (κ3) is 3.69. The van der Waals surface area contributed by atoms with Crippen molar-refractivity contribution in [3.05, 3.63) is 60.9 Å². The fourth-order valence-corrected chi connectivity index (χ4v) is 5.17. The van der Waals surface area contributed by atoms with Gasteiger partial charge in [-0.3, -0.25) is 0 Å². The van der Waals surface area contributed by atoms with Crippen molar-refractivity contribution in [3.8, 4) is 0 Å². The van der Waals surface area contributed by atoms with Crippen molar-refractivity contribution >= 4 is 33.4 Å². The fraction of sp³-hybridized carbons (Fsp3) is 0.385. The fourth-order valence-electron chi connectivity index (χ4n) is 5.17. The highest BCUT2D eigenvalue weighted by atomic mass is 15.3. The van der Waals surface area contributed by atoms with Crippen molar-refractivity contribution in [2.75, 3.05) is 55.6 Å². The van der Waals surface area contributed by atoms with E-state index >= 15 is 0 Å². The molecule has 6 nitrogen and oxygen atoms in total. The molecule has 0 spiro atoms. The van der Waals surface area contributed by atoms with Gasteiger partial charge in [0.25, 0.3) is 0 Å². The first-order chi connectivity index (χ1) is 15.8. The third-order valence-corrected chi connectivity index (χ3v) is 7.01. The Morgan fingerprint density at radius 2 is 1.53 bits per heavy atom. The molecule has 0 aliphatic carbocycles. The molecule has 0 unspecified atom stereocenters. The molecule has 6 rings (SSSR count). The second-order valence-corrected chi connectivity index (χ2v) is 8.97. The molecular formula is C26H30N6. The lowest BCUT2D eigenvalue weighted by molar-refractivity contribution is 0.324. The highest BCUT2D eigenvalue weighted by molar-refractivity contribution is 5.92. The Morgan fingerprint density at radius 1 is 0.719 bits per heavy atom. The maximum Gasteiger partial charge on any atom is 0.142 e. The van der Waals surface area contributed by atoms with E-state index < -0.39 is 0 Å². The van der Waals surface area contributed by atoms with Gasteiger partial charge < -0.3 is 19.3 Å². The van der Waals surface area contributed by atoms with Crippen molar-refractivity contribution < 1.29 is 0 Å². The quantitative estimate of drug-likeness (QED) is 0.482. The number of pyridine rings is 2. The van der Waals surface area contributed by atoms with Crippen LogP contribution in [0, 0.1) is 0 Å². The summed E-state index contributed by atoms with van der Waals surface area (Å²) in [6.45, 7) is 8.44. The van der Waals surface area contributed by atoms with Gasteiger partial charge in [-0.05, 0) is 55.6 Å². The van der Waals surface area contributed by atoms with Gasteiger partial charge in [0.15, 0.2) is 0 Å². The van der Waals surface area contributed by atoms with Gasteiger partial charge in [-0.25, -0.2) is 9.97 Å². The van der Waals surface area contributed by atoms with Gasteiger partial charge in [-0.15, -0.1) is 0 Å². The molecule has 0 bridgehead atoms. The first-order valence-corrected chi connectivity index (χ1v) is 11.9. The lowest BCUT2D eigenvalue weighted by Gasteiger charge is -2.36. The molecule has 2 aliphatic rings. The normalized spacial score (nSPS) is 17.6. The number of anilines is 2. The predicted octanol–water partition coefficient (Wildman–Crippen LogP) is 4.01. The largest absolute Gasteiger partial charge is 0.353 e. The van der Waals surface area contributed by atoms with E-state index in [9.17, 15) is 0 Å². The minimum atomic E-state index is 0.955. The van der Waals surface area contributed by atoms with E-state index in [-0.39, 0.29) is 0 Å². The third-order valence-electron chi connectivity index (χ3n) is 7.01. The van der Waals surface area contributed by atoms with Crippen LogP contribution in [0.2, 0.25) is 0 Å². The molecule has 2 saturated heterocycles. The molecule has 5 heterocycles. The first-order valence-electron chi connectivity index (χ1n) is 11.9. The maximum absolute atomic E-state index is 5.09. The molecule has 2 aliphatic heterocycles. The van der Waals surface area contributed by atoms with Crippen LogP contribution in [0.25, 0.3) is 21.8 Å². The Hall–Kier alpha value is -3.12. The number of hydrogen-bond donors (Lipinski definition) is 0. The molecular weight excluding hydrogens is 396 g/mol. The van der Waals surface area contributed by atoms with E-state index in [0.717, 1.165) is 56.6 Å². The van der Waals surface area contributed by atoms with Crippen molar-refractivity contribution in [1.29, 1.82) is 0 Å². The monoisotopic (exact) mass is 426 g/mol.